The van der Waals surface area contributed by atoms with Crippen molar-refractivity contribution in [3.63, 3.8) is 0 Å². The van der Waals surface area contributed by atoms with Crippen molar-refractivity contribution in [2.45, 2.75) is 20.4 Å². The zero-order chi connectivity index (χ0) is 21.3. The Kier molecular flexibility index (Phi) is 5.37. The number of aryl methyl sites for hydroxylation is 2. The van der Waals surface area contributed by atoms with Crippen molar-refractivity contribution in [2.75, 3.05) is 6.61 Å². The molecule has 4 aromatic rings. The summed E-state index contributed by atoms with van der Waals surface area (Å²) in [4.78, 5) is 29.9. The normalized spacial score (nSPS) is 11.0. The van der Waals surface area contributed by atoms with Gasteiger partial charge in [0, 0.05) is 10.9 Å². The number of aromatic carboxylic acids is 1. The molecule has 2 aromatic heterocycles. The summed E-state index contributed by atoms with van der Waals surface area (Å²) in [6.45, 7) is 4.47. The number of thiophene rings is 1. The fourth-order valence-corrected chi connectivity index (χ4v) is 4.19. The van der Waals surface area contributed by atoms with Crippen molar-refractivity contribution in [2.24, 2.45) is 0 Å². The van der Waals surface area contributed by atoms with Crippen LogP contribution in [-0.2, 0) is 6.54 Å². The lowest BCUT2D eigenvalue weighted by Gasteiger charge is -2.14. The van der Waals surface area contributed by atoms with E-state index < -0.39 is 5.97 Å². The number of ether oxygens (including phenoxy) is 1. The molecule has 0 fully saturated rings. The molecule has 0 aliphatic carbocycles. The van der Waals surface area contributed by atoms with E-state index >= 15 is 0 Å². The van der Waals surface area contributed by atoms with E-state index in [1.165, 1.54) is 9.95 Å². The molecule has 0 aliphatic heterocycles. The summed E-state index contributed by atoms with van der Waals surface area (Å²) in [7, 11) is 0. The smallest absolute Gasteiger partial charge is 0.337 e. The van der Waals surface area contributed by atoms with E-state index in [4.69, 9.17) is 4.74 Å². The molecule has 0 spiro atoms. The third kappa shape index (κ3) is 3.84. The Hall–Kier alpha value is -3.45. The fourth-order valence-electron chi connectivity index (χ4n) is 3.28. The van der Waals surface area contributed by atoms with Crippen molar-refractivity contribution in [3.05, 3.63) is 81.0 Å². The van der Waals surface area contributed by atoms with E-state index in [2.05, 4.69) is 4.98 Å². The van der Waals surface area contributed by atoms with Gasteiger partial charge in [-0.05, 0) is 32.0 Å². The van der Waals surface area contributed by atoms with Crippen molar-refractivity contribution < 1.29 is 14.6 Å². The summed E-state index contributed by atoms with van der Waals surface area (Å²) in [5.41, 5.74) is 2.59. The fraction of sp³-hybridized carbons (Fsp3) is 0.174. The predicted molar refractivity (Wildman–Crippen MR) is 118 cm³/mol. The Morgan fingerprint density at radius 2 is 1.90 bits per heavy atom. The lowest BCUT2D eigenvalue weighted by molar-refractivity contribution is 0.0699. The van der Waals surface area contributed by atoms with Gasteiger partial charge < -0.3 is 9.84 Å². The first-order valence-electron chi connectivity index (χ1n) is 9.46. The third-order valence-electron chi connectivity index (χ3n) is 4.81. The molecule has 2 heterocycles. The van der Waals surface area contributed by atoms with Crippen LogP contribution in [0.3, 0.4) is 0 Å². The molecule has 0 bridgehead atoms. The van der Waals surface area contributed by atoms with Gasteiger partial charge in [0.05, 0.1) is 17.5 Å². The molecule has 7 heteroatoms. The highest BCUT2D eigenvalue weighted by atomic mass is 32.1. The van der Waals surface area contributed by atoms with E-state index in [1.807, 2.05) is 62.4 Å². The summed E-state index contributed by atoms with van der Waals surface area (Å²) in [5.74, 6) is 0.0787. The Balaban J connectivity index is 1.77. The number of carboxylic acids is 1. The summed E-state index contributed by atoms with van der Waals surface area (Å²) in [6, 6.07) is 15.4. The van der Waals surface area contributed by atoms with Crippen molar-refractivity contribution in [3.8, 4) is 17.1 Å². The molecule has 0 saturated heterocycles. The van der Waals surface area contributed by atoms with E-state index in [0.717, 1.165) is 28.0 Å². The van der Waals surface area contributed by atoms with Gasteiger partial charge in [-0.3, -0.25) is 9.36 Å². The van der Waals surface area contributed by atoms with Crippen LogP contribution in [0.25, 0.3) is 21.6 Å². The van der Waals surface area contributed by atoms with Crippen LogP contribution >= 0.6 is 11.3 Å². The zero-order valence-electron chi connectivity index (χ0n) is 16.6. The Morgan fingerprint density at radius 1 is 1.13 bits per heavy atom. The molecular weight excluding hydrogens is 400 g/mol. The van der Waals surface area contributed by atoms with Crippen LogP contribution < -0.4 is 10.3 Å². The van der Waals surface area contributed by atoms with Crippen LogP contribution in [0.5, 0.6) is 5.75 Å². The number of rotatable bonds is 6. The molecule has 152 valence electrons. The predicted octanol–water partition coefficient (Wildman–Crippen LogP) is 4.52. The third-order valence-corrected chi connectivity index (χ3v) is 5.68. The SMILES string of the molecule is Cc1ccc(OCCn2c(-c3cccc(C)c3)nc3scc(C(=O)O)c3c2=O)cc1. The molecule has 0 unspecified atom stereocenters. The number of benzene rings is 2. The number of fused-ring (bicyclic) bond motifs is 1. The van der Waals surface area contributed by atoms with E-state index in [9.17, 15) is 14.7 Å². The average molecular weight is 420 g/mol. The first-order valence-corrected chi connectivity index (χ1v) is 10.3. The number of aromatic nitrogens is 2. The quantitative estimate of drug-likeness (QED) is 0.496. The number of hydrogen-bond acceptors (Lipinski definition) is 5. The van der Waals surface area contributed by atoms with Gasteiger partial charge in [0.15, 0.2) is 0 Å². The molecule has 2 aromatic carbocycles. The van der Waals surface area contributed by atoms with Crippen LogP contribution in [-0.4, -0.2) is 27.2 Å². The van der Waals surface area contributed by atoms with Gasteiger partial charge >= 0.3 is 5.97 Å². The van der Waals surface area contributed by atoms with Crippen LogP contribution in [0.4, 0.5) is 0 Å². The van der Waals surface area contributed by atoms with Gasteiger partial charge in [-0.15, -0.1) is 11.3 Å². The number of nitrogens with zero attached hydrogens (tertiary/aromatic N) is 2. The minimum Gasteiger partial charge on any atom is -0.492 e. The van der Waals surface area contributed by atoms with Gasteiger partial charge in [-0.1, -0.05) is 41.5 Å². The van der Waals surface area contributed by atoms with Crippen LogP contribution in [0.15, 0.2) is 58.7 Å². The molecule has 6 nitrogen and oxygen atoms in total. The maximum absolute atomic E-state index is 13.3. The molecule has 4 rings (SSSR count). The topological polar surface area (TPSA) is 81.4 Å². The molecule has 0 amide bonds. The first kappa shape index (κ1) is 19.8. The second-order valence-corrected chi connectivity index (χ2v) is 7.92. The Bertz CT molecular complexity index is 1290. The van der Waals surface area contributed by atoms with Gasteiger partial charge in [0.2, 0.25) is 0 Å². The Labute approximate surface area is 177 Å². The summed E-state index contributed by atoms with van der Waals surface area (Å²) < 4.78 is 7.31. The van der Waals surface area contributed by atoms with Gasteiger partial charge in [-0.25, -0.2) is 9.78 Å². The molecule has 0 saturated carbocycles. The average Bonchev–Trinajstić information content (AvgIpc) is 3.15. The molecular formula is C23H20N2O4S. The van der Waals surface area contributed by atoms with E-state index in [0.29, 0.717) is 16.4 Å². The minimum absolute atomic E-state index is 0.0171. The lowest BCUT2D eigenvalue weighted by Crippen LogP contribution is -2.26. The van der Waals surface area contributed by atoms with Gasteiger partial charge in [0.1, 0.15) is 23.0 Å². The van der Waals surface area contributed by atoms with Gasteiger partial charge in [0.25, 0.3) is 5.56 Å². The highest BCUT2D eigenvalue weighted by molar-refractivity contribution is 7.17. The van der Waals surface area contributed by atoms with Crippen molar-refractivity contribution in [1.82, 2.24) is 9.55 Å². The highest BCUT2D eigenvalue weighted by Gasteiger charge is 2.20. The molecule has 0 atom stereocenters. The van der Waals surface area contributed by atoms with Gasteiger partial charge in [-0.2, -0.15) is 0 Å². The minimum atomic E-state index is -1.13. The maximum atomic E-state index is 13.3. The monoisotopic (exact) mass is 420 g/mol. The zero-order valence-corrected chi connectivity index (χ0v) is 17.4. The molecule has 0 radical (unpaired) electrons. The summed E-state index contributed by atoms with van der Waals surface area (Å²) in [6.07, 6.45) is 0. The number of hydrogen-bond donors (Lipinski definition) is 1. The van der Waals surface area contributed by atoms with Crippen LogP contribution in [0, 0.1) is 13.8 Å². The number of carbonyl (C=O) groups is 1. The summed E-state index contributed by atoms with van der Waals surface area (Å²) in [5, 5.41) is 11.1. The second kappa shape index (κ2) is 8.12. The molecule has 30 heavy (non-hydrogen) atoms. The largest absolute Gasteiger partial charge is 0.492 e. The maximum Gasteiger partial charge on any atom is 0.337 e. The van der Waals surface area contributed by atoms with Crippen molar-refractivity contribution >= 4 is 27.5 Å². The van der Waals surface area contributed by atoms with Crippen LogP contribution in [0.1, 0.15) is 21.5 Å². The highest BCUT2D eigenvalue weighted by Crippen LogP contribution is 2.26. The molecule has 1 N–H and O–H groups in total. The Morgan fingerprint density at radius 3 is 2.60 bits per heavy atom. The second-order valence-electron chi connectivity index (χ2n) is 7.06. The standard InChI is InChI=1S/C23H20N2O4S/c1-14-6-8-17(9-7-14)29-11-10-25-20(16-5-3-4-15(2)12-16)24-21-19(22(25)26)18(13-30-21)23(27)28/h3-9,12-13H,10-11H2,1-2H3,(H,27,28). The van der Waals surface area contributed by atoms with Crippen LogP contribution in [0.2, 0.25) is 0 Å². The first-order chi connectivity index (χ1) is 14.4. The van der Waals surface area contributed by atoms with E-state index in [-0.39, 0.29) is 29.7 Å². The lowest BCUT2D eigenvalue weighted by atomic mass is 10.1. The number of carboxylic acid groups (broad SMARTS) is 1. The van der Waals surface area contributed by atoms with Crippen molar-refractivity contribution in [1.29, 1.82) is 0 Å². The van der Waals surface area contributed by atoms with E-state index in [1.54, 1.807) is 0 Å². The molecule has 0 aliphatic rings. The summed E-state index contributed by atoms with van der Waals surface area (Å²) >= 11 is 1.16.